The van der Waals surface area contributed by atoms with E-state index >= 15 is 0 Å². The molecule has 166 valence electrons. The number of amides is 1. The number of thioether (sulfide) groups is 1. The first-order valence-corrected chi connectivity index (χ1v) is 11.4. The van der Waals surface area contributed by atoms with E-state index in [-0.39, 0.29) is 12.3 Å². The van der Waals surface area contributed by atoms with Crippen molar-refractivity contribution < 1.29 is 14.7 Å². The number of nitrogens with zero attached hydrogens (tertiary/aromatic N) is 4. The summed E-state index contributed by atoms with van der Waals surface area (Å²) in [6.45, 7) is 5.02. The normalized spacial score (nSPS) is 20.8. The van der Waals surface area contributed by atoms with Gasteiger partial charge in [0.25, 0.3) is 0 Å². The third-order valence-electron chi connectivity index (χ3n) is 5.37. The second-order valence-corrected chi connectivity index (χ2v) is 8.88. The minimum Gasteiger partial charge on any atom is -0.481 e. The molecule has 0 spiro atoms. The number of hydrogen-bond donors (Lipinski definition) is 2. The van der Waals surface area contributed by atoms with Crippen LogP contribution in [0.2, 0.25) is 0 Å². The number of carboxylic acid groups (broad SMARTS) is 1. The molecular weight excluding hydrogens is 426 g/mol. The highest BCUT2D eigenvalue weighted by Gasteiger charge is 2.32. The Hall–Kier alpha value is -3.17. The number of carbonyl (C=O) groups excluding carboxylic acids is 1. The number of carboxylic acids is 1. The number of carbonyl (C=O) groups is 2. The molecule has 8 nitrogen and oxygen atoms in total. The maximum absolute atomic E-state index is 11.7. The van der Waals surface area contributed by atoms with Gasteiger partial charge in [0, 0.05) is 38.4 Å². The molecule has 2 N–H and O–H groups in total. The van der Waals surface area contributed by atoms with Crippen LogP contribution in [-0.2, 0) is 16.1 Å². The highest BCUT2D eigenvalue weighted by molar-refractivity contribution is 8.15. The Morgan fingerprint density at radius 3 is 2.50 bits per heavy atom. The van der Waals surface area contributed by atoms with E-state index in [1.807, 2.05) is 18.2 Å². The summed E-state index contributed by atoms with van der Waals surface area (Å²) < 4.78 is 0. The Morgan fingerprint density at radius 1 is 1.09 bits per heavy atom. The molecule has 1 atom stereocenters. The SMILES string of the molecule is O=C(O)CC1SC(=NN=Cc2ccc(N3CCN(Cc4ccccc4)CC3)cc2)NC1=O. The molecule has 0 aromatic heterocycles. The van der Waals surface area contributed by atoms with Gasteiger partial charge < -0.3 is 15.3 Å². The van der Waals surface area contributed by atoms with E-state index in [0.717, 1.165) is 50.0 Å². The molecule has 2 fully saturated rings. The van der Waals surface area contributed by atoms with Crippen molar-refractivity contribution >= 4 is 40.7 Å². The Kier molecular flexibility index (Phi) is 7.18. The molecule has 0 aliphatic carbocycles. The molecule has 2 aromatic carbocycles. The van der Waals surface area contributed by atoms with Gasteiger partial charge in [-0.1, -0.05) is 54.2 Å². The molecule has 1 unspecified atom stereocenters. The molecule has 1 amide bonds. The van der Waals surface area contributed by atoms with Crippen LogP contribution < -0.4 is 10.2 Å². The fourth-order valence-corrected chi connectivity index (χ4v) is 4.59. The average Bonchev–Trinajstić information content (AvgIpc) is 3.14. The molecule has 2 heterocycles. The largest absolute Gasteiger partial charge is 0.481 e. The van der Waals surface area contributed by atoms with Crippen molar-refractivity contribution in [1.29, 1.82) is 0 Å². The number of anilines is 1. The quantitative estimate of drug-likeness (QED) is 0.496. The van der Waals surface area contributed by atoms with Crippen molar-refractivity contribution in [3.05, 3.63) is 65.7 Å². The lowest BCUT2D eigenvalue weighted by Gasteiger charge is -2.36. The summed E-state index contributed by atoms with van der Waals surface area (Å²) in [6.07, 6.45) is 1.38. The van der Waals surface area contributed by atoms with Crippen molar-refractivity contribution in [2.75, 3.05) is 31.1 Å². The minimum absolute atomic E-state index is 0.235. The summed E-state index contributed by atoms with van der Waals surface area (Å²) in [7, 11) is 0. The molecule has 32 heavy (non-hydrogen) atoms. The van der Waals surface area contributed by atoms with Gasteiger partial charge >= 0.3 is 5.97 Å². The molecule has 2 saturated heterocycles. The second kappa shape index (κ2) is 10.4. The molecule has 2 aliphatic rings. The zero-order valence-corrected chi connectivity index (χ0v) is 18.4. The zero-order chi connectivity index (χ0) is 22.3. The van der Waals surface area contributed by atoms with Crippen molar-refractivity contribution in [2.45, 2.75) is 18.2 Å². The van der Waals surface area contributed by atoms with E-state index in [2.05, 4.69) is 61.7 Å². The average molecular weight is 452 g/mol. The van der Waals surface area contributed by atoms with E-state index in [1.165, 1.54) is 11.3 Å². The first-order valence-electron chi connectivity index (χ1n) is 10.5. The van der Waals surface area contributed by atoms with Crippen LogP contribution in [0.25, 0.3) is 0 Å². The van der Waals surface area contributed by atoms with Gasteiger partial charge in [0.1, 0.15) is 5.25 Å². The van der Waals surface area contributed by atoms with Crippen LogP contribution >= 0.6 is 11.8 Å². The van der Waals surface area contributed by atoms with Gasteiger partial charge in [-0.3, -0.25) is 14.5 Å². The Morgan fingerprint density at radius 2 is 1.81 bits per heavy atom. The fourth-order valence-electron chi connectivity index (χ4n) is 3.67. The van der Waals surface area contributed by atoms with Crippen LogP contribution in [0.4, 0.5) is 5.69 Å². The van der Waals surface area contributed by atoms with Gasteiger partial charge in [-0.2, -0.15) is 5.10 Å². The molecule has 2 aliphatic heterocycles. The molecule has 2 aromatic rings. The smallest absolute Gasteiger partial charge is 0.305 e. The fraction of sp³-hybridized carbons (Fsp3) is 0.304. The van der Waals surface area contributed by atoms with Gasteiger partial charge in [-0.15, -0.1) is 5.10 Å². The van der Waals surface area contributed by atoms with Crippen LogP contribution in [-0.4, -0.2) is 64.7 Å². The highest BCUT2D eigenvalue weighted by Crippen LogP contribution is 2.22. The van der Waals surface area contributed by atoms with Gasteiger partial charge in [-0.05, 0) is 23.3 Å². The maximum atomic E-state index is 11.7. The monoisotopic (exact) mass is 451 g/mol. The number of benzene rings is 2. The van der Waals surface area contributed by atoms with Gasteiger partial charge in [0.15, 0.2) is 5.17 Å². The van der Waals surface area contributed by atoms with Crippen molar-refractivity contribution in [3.8, 4) is 0 Å². The van der Waals surface area contributed by atoms with Crippen molar-refractivity contribution in [2.24, 2.45) is 10.2 Å². The lowest BCUT2D eigenvalue weighted by atomic mass is 10.1. The lowest BCUT2D eigenvalue weighted by molar-refractivity contribution is -0.138. The Bertz CT molecular complexity index is 1000. The minimum atomic E-state index is -1.01. The first kappa shape index (κ1) is 22.0. The summed E-state index contributed by atoms with van der Waals surface area (Å²) in [5.74, 6) is -1.36. The third kappa shape index (κ3) is 5.95. The van der Waals surface area contributed by atoms with Crippen LogP contribution in [0.3, 0.4) is 0 Å². The summed E-state index contributed by atoms with van der Waals surface area (Å²) >= 11 is 1.09. The topological polar surface area (TPSA) is 97.6 Å². The number of hydrogen-bond acceptors (Lipinski definition) is 7. The van der Waals surface area contributed by atoms with Crippen LogP contribution in [0.1, 0.15) is 17.5 Å². The number of rotatable bonds is 7. The van der Waals surface area contributed by atoms with Gasteiger partial charge in [0.2, 0.25) is 5.91 Å². The second-order valence-electron chi connectivity index (χ2n) is 7.68. The van der Waals surface area contributed by atoms with Crippen LogP contribution in [0, 0.1) is 0 Å². The number of aliphatic carboxylic acids is 1. The summed E-state index contributed by atoms with van der Waals surface area (Å²) in [5.41, 5.74) is 3.43. The van der Waals surface area contributed by atoms with E-state index in [1.54, 1.807) is 6.21 Å². The Balaban J connectivity index is 1.26. The van der Waals surface area contributed by atoms with E-state index in [4.69, 9.17) is 5.11 Å². The van der Waals surface area contributed by atoms with Crippen LogP contribution in [0.5, 0.6) is 0 Å². The summed E-state index contributed by atoms with van der Waals surface area (Å²) in [6, 6.07) is 18.7. The molecule has 0 radical (unpaired) electrons. The predicted molar refractivity (Wildman–Crippen MR) is 127 cm³/mol. The van der Waals surface area contributed by atoms with E-state index < -0.39 is 11.2 Å². The standard InChI is InChI=1S/C23H25N5O3S/c29-21(30)14-20-22(31)25-23(32-20)26-24-15-17-6-8-19(9-7-17)28-12-10-27(11-13-28)16-18-4-2-1-3-5-18/h1-9,15,20H,10-14,16H2,(H,29,30)(H,25,26,31). The molecule has 0 bridgehead atoms. The number of piperazine rings is 1. The third-order valence-corrected chi connectivity index (χ3v) is 6.44. The number of amidine groups is 1. The van der Waals surface area contributed by atoms with Gasteiger partial charge in [0.05, 0.1) is 12.6 Å². The summed E-state index contributed by atoms with van der Waals surface area (Å²) in [4.78, 5) is 27.4. The van der Waals surface area contributed by atoms with E-state index in [0.29, 0.717) is 5.17 Å². The summed E-state index contributed by atoms with van der Waals surface area (Å²) in [5, 5.41) is 19.1. The number of nitrogens with one attached hydrogen (secondary N) is 1. The Labute approximate surface area is 191 Å². The predicted octanol–water partition coefficient (Wildman–Crippen LogP) is 2.41. The lowest BCUT2D eigenvalue weighted by Crippen LogP contribution is -2.45. The maximum Gasteiger partial charge on any atom is 0.305 e. The molecule has 9 heteroatoms. The van der Waals surface area contributed by atoms with Gasteiger partial charge in [-0.25, -0.2) is 0 Å². The van der Waals surface area contributed by atoms with Crippen LogP contribution in [0.15, 0.2) is 64.8 Å². The molecular formula is C23H25N5O3S. The first-order chi connectivity index (χ1) is 15.6. The van der Waals surface area contributed by atoms with Crippen molar-refractivity contribution in [3.63, 3.8) is 0 Å². The van der Waals surface area contributed by atoms with E-state index in [9.17, 15) is 9.59 Å². The van der Waals surface area contributed by atoms with Crippen molar-refractivity contribution in [1.82, 2.24) is 10.2 Å². The highest BCUT2D eigenvalue weighted by atomic mass is 32.2. The molecule has 0 saturated carbocycles. The molecule has 4 rings (SSSR count). The zero-order valence-electron chi connectivity index (χ0n) is 17.6.